The Hall–Kier alpha value is -1.88. The van der Waals surface area contributed by atoms with Crippen LogP contribution in [-0.4, -0.2) is 28.8 Å². The Morgan fingerprint density at radius 2 is 2.18 bits per heavy atom. The molecule has 2 rings (SSSR count). The molecule has 2 N–H and O–H groups in total. The van der Waals surface area contributed by atoms with Gasteiger partial charge in [0.2, 0.25) is 0 Å². The summed E-state index contributed by atoms with van der Waals surface area (Å²) < 4.78 is 5.12. The largest absolute Gasteiger partial charge is 0.507 e. The van der Waals surface area contributed by atoms with Crippen LogP contribution in [0.1, 0.15) is 12.2 Å². The average molecular weight is 233 g/mol. The van der Waals surface area contributed by atoms with E-state index in [1.807, 2.05) is 13.1 Å². The number of hydrogen-bond donors (Lipinski definition) is 2. The number of benzene rings is 1. The number of phenols is 1. The van der Waals surface area contributed by atoms with Gasteiger partial charge in [0.05, 0.1) is 5.56 Å². The Kier molecular flexibility index (Phi) is 3.72. The average Bonchev–Trinajstić information content (AvgIpc) is 2.79. The monoisotopic (exact) mass is 233 g/mol. The van der Waals surface area contributed by atoms with Crippen molar-refractivity contribution in [2.75, 3.05) is 13.6 Å². The first kappa shape index (κ1) is 11.6. The highest BCUT2D eigenvalue weighted by Gasteiger charge is 2.11. The quantitative estimate of drug-likeness (QED) is 0.767. The third kappa shape index (κ3) is 2.82. The Labute approximate surface area is 99.5 Å². The van der Waals surface area contributed by atoms with E-state index in [0.717, 1.165) is 19.4 Å². The van der Waals surface area contributed by atoms with Crippen LogP contribution in [-0.2, 0) is 6.42 Å². The highest BCUT2D eigenvalue weighted by atomic mass is 16.5. The number of hydrogen-bond acceptors (Lipinski definition) is 5. The minimum atomic E-state index is 0.151. The van der Waals surface area contributed by atoms with E-state index in [0.29, 0.717) is 17.3 Å². The maximum Gasteiger partial charge on any atom is 0.261 e. The SMILES string of the molecule is CNCCCc1noc(-c2ccccc2O)n1. The highest BCUT2D eigenvalue weighted by molar-refractivity contribution is 5.61. The normalized spacial score (nSPS) is 10.6. The molecule has 1 aromatic carbocycles. The van der Waals surface area contributed by atoms with Crippen LogP contribution in [0.15, 0.2) is 28.8 Å². The van der Waals surface area contributed by atoms with Crippen molar-refractivity contribution in [2.45, 2.75) is 12.8 Å². The van der Waals surface area contributed by atoms with E-state index < -0.39 is 0 Å². The molecule has 0 aliphatic rings. The first-order valence-corrected chi connectivity index (χ1v) is 5.57. The molecule has 0 aliphatic heterocycles. The van der Waals surface area contributed by atoms with E-state index in [1.165, 1.54) is 0 Å². The molecule has 0 spiro atoms. The van der Waals surface area contributed by atoms with Crippen LogP contribution in [0.25, 0.3) is 11.5 Å². The summed E-state index contributed by atoms with van der Waals surface area (Å²) in [4.78, 5) is 4.25. The predicted octanol–water partition coefficient (Wildman–Crippen LogP) is 1.59. The molecule has 90 valence electrons. The highest BCUT2D eigenvalue weighted by Crippen LogP contribution is 2.26. The molecule has 0 amide bonds. The number of phenolic OH excluding ortho intramolecular Hbond substituents is 1. The lowest BCUT2D eigenvalue weighted by Crippen LogP contribution is -2.08. The summed E-state index contributed by atoms with van der Waals surface area (Å²) in [5.74, 6) is 1.18. The predicted molar refractivity (Wildman–Crippen MR) is 63.6 cm³/mol. The summed E-state index contributed by atoms with van der Waals surface area (Å²) in [5.41, 5.74) is 0.569. The molecule has 1 heterocycles. The van der Waals surface area contributed by atoms with Gasteiger partial charge in [-0.1, -0.05) is 17.3 Å². The van der Waals surface area contributed by atoms with Gasteiger partial charge >= 0.3 is 0 Å². The molecule has 0 atom stereocenters. The number of nitrogens with zero attached hydrogens (tertiary/aromatic N) is 2. The topological polar surface area (TPSA) is 71.2 Å². The Balaban J connectivity index is 2.10. The maximum absolute atomic E-state index is 9.65. The smallest absolute Gasteiger partial charge is 0.261 e. The van der Waals surface area contributed by atoms with Crippen molar-refractivity contribution in [2.24, 2.45) is 0 Å². The summed E-state index contributed by atoms with van der Waals surface area (Å²) in [6.07, 6.45) is 1.72. The Morgan fingerprint density at radius 3 is 2.94 bits per heavy atom. The van der Waals surface area contributed by atoms with Gasteiger partial charge in [0.25, 0.3) is 5.89 Å². The Bertz CT molecular complexity index is 482. The number of nitrogens with one attached hydrogen (secondary N) is 1. The molecule has 0 aliphatic carbocycles. The van der Waals surface area contributed by atoms with Crippen LogP contribution in [0.4, 0.5) is 0 Å². The van der Waals surface area contributed by atoms with Crippen molar-refractivity contribution in [3.05, 3.63) is 30.1 Å². The fourth-order valence-corrected chi connectivity index (χ4v) is 1.54. The molecule has 0 radical (unpaired) electrons. The lowest BCUT2D eigenvalue weighted by Gasteiger charge is -1.96. The van der Waals surface area contributed by atoms with Gasteiger partial charge in [-0.3, -0.25) is 0 Å². The number of aromatic hydroxyl groups is 1. The van der Waals surface area contributed by atoms with Crippen molar-refractivity contribution in [3.63, 3.8) is 0 Å². The van der Waals surface area contributed by atoms with Crippen molar-refractivity contribution >= 4 is 0 Å². The molecular weight excluding hydrogens is 218 g/mol. The second-order valence-corrected chi connectivity index (χ2v) is 3.74. The van der Waals surface area contributed by atoms with E-state index in [-0.39, 0.29) is 5.75 Å². The van der Waals surface area contributed by atoms with Crippen molar-refractivity contribution in [3.8, 4) is 17.2 Å². The lowest BCUT2D eigenvalue weighted by molar-refractivity contribution is 0.416. The van der Waals surface area contributed by atoms with E-state index in [1.54, 1.807) is 18.2 Å². The number of rotatable bonds is 5. The second-order valence-electron chi connectivity index (χ2n) is 3.74. The molecular formula is C12H15N3O2. The zero-order valence-electron chi connectivity index (χ0n) is 9.68. The number of aromatic nitrogens is 2. The zero-order valence-corrected chi connectivity index (χ0v) is 9.68. The first-order chi connectivity index (χ1) is 8.31. The van der Waals surface area contributed by atoms with Gasteiger partial charge in [-0.05, 0) is 32.1 Å². The minimum absolute atomic E-state index is 0.151. The summed E-state index contributed by atoms with van der Waals surface area (Å²) in [5, 5.41) is 16.6. The van der Waals surface area contributed by atoms with Crippen LogP contribution in [0, 0.1) is 0 Å². The van der Waals surface area contributed by atoms with Crippen LogP contribution in [0.5, 0.6) is 5.75 Å². The molecule has 5 heteroatoms. The van der Waals surface area contributed by atoms with E-state index in [9.17, 15) is 5.11 Å². The molecule has 5 nitrogen and oxygen atoms in total. The van der Waals surface area contributed by atoms with Gasteiger partial charge in [0, 0.05) is 6.42 Å². The van der Waals surface area contributed by atoms with Crippen molar-refractivity contribution < 1.29 is 9.63 Å². The number of aryl methyl sites for hydroxylation is 1. The van der Waals surface area contributed by atoms with E-state index in [4.69, 9.17) is 4.52 Å². The van der Waals surface area contributed by atoms with Gasteiger partial charge < -0.3 is 14.9 Å². The molecule has 2 aromatic rings. The fraction of sp³-hybridized carbons (Fsp3) is 0.333. The van der Waals surface area contributed by atoms with E-state index in [2.05, 4.69) is 15.5 Å². The minimum Gasteiger partial charge on any atom is -0.507 e. The molecule has 0 fully saturated rings. The third-order valence-electron chi connectivity index (χ3n) is 2.43. The number of para-hydroxylation sites is 1. The summed E-state index contributed by atoms with van der Waals surface area (Å²) in [6.45, 7) is 0.917. The van der Waals surface area contributed by atoms with Crippen LogP contribution in [0.3, 0.4) is 0 Å². The Morgan fingerprint density at radius 1 is 1.35 bits per heavy atom. The van der Waals surface area contributed by atoms with Gasteiger partial charge in [0.15, 0.2) is 5.82 Å². The fourth-order valence-electron chi connectivity index (χ4n) is 1.54. The first-order valence-electron chi connectivity index (χ1n) is 5.57. The third-order valence-corrected chi connectivity index (χ3v) is 2.43. The van der Waals surface area contributed by atoms with Crippen molar-refractivity contribution in [1.29, 1.82) is 0 Å². The second kappa shape index (κ2) is 5.45. The van der Waals surface area contributed by atoms with Crippen molar-refractivity contribution in [1.82, 2.24) is 15.5 Å². The molecule has 0 saturated heterocycles. The summed E-state index contributed by atoms with van der Waals surface area (Å²) in [6, 6.07) is 6.92. The molecule has 17 heavy (non-hydrogen) atoms. The molecule has 1 aromatic heterocycles. The van der Waals surface area contributed by atoms with Crippen LogP contribution in [0.2, 0.25) is 0 Å². The van der Waals surface area contributed by atoms with Gasteiger partial charge in [-0.15, -0.1) is 0 Å². The van der Waals surface area contributed by atoms with Crippen LogP contribution >= 0.6 is 0 Å². The van der Waals surface area contributed by atoms with Gasteiger partial charge in [-0.2, -0.15) is 4.98 Å². The summed E-state index contributed by atoms with van der Waals surface area (Å²) >= 11 is 0. The lowest BCUT2D eigenvalue weighted by atomic mass is 10.2. The van der Waals surface area contributed by atoms with Gasteiger partial charge in [0.1, 0.15) is 5.75 Å². The summed E-state index contributed by atoms with van der Waals surface area (Å²) in [7, 11) is 1.91. The molecule has 0 bridgehead atoms. The zero-order chi connectivity index (χ0) is 12.1. The molecule has 0 unspecified atom stereocenters. The van der Waals surface area contributed by atoms with Gasteiger partial charge in [-0.25, -0.2) is 0 Å². The van der Waals surface area contributed by atoms with E-state index >= 15 is 0 Å². The standard InChI is InChI=1S/C12H15N3O2/c1-13-8-4-7-11-14-12(17-15-11)9-5-2-3-6-10(9)16/h2-3,5-6,13,16H,4,7-8H2,1H3. The van der Waals surface area contributed by atoms with Crippen LogP contribution < -0.4 is 5.32 Å². The molecule has 0 saturated carbocycles. The maximum atomic E-state index is 9.65.